The Morgan fingerprint density at radius 2 is 2.33 bits per heavy atom. The van der Waals surface area contributed by atoms with E-state index in [9.17, 15) is 4.79 Å². The molecule has 0 radical (unpaired) electrons. The van der Waals surface area contributed by atoms with Crippen LogP contribution in [0.2, 0.25) is 0 Å². The summed E-state index contributed by atoms with van der Waals surface area (Å²) in [6.07, 6.45) is 4.31. The van der Waals surface area contributed by atoms with Crippen molar-refractivity contribution in [3.63, 3.8) is 0 Å². The lowest BCUT2D eigenvalue weighted by atomic mass is 10.1. The van der Waals surface area contributed by atoms with Gasteiger partial charge in [0, 0.05) is 5.39 Å². The molecular weight excluding hydrogens is 206 g/mol. The summed E-state index contributed by atoms with van der Waals surface area (Å²) < 4.78 is 5.20. The molecule has 0 N–H and O–H groups in total. The number of aldehydes is 1. The fourth-order valence-electron chi connectivity index (χ4n) is 1.63. The molecular formula is C12H13NOS. The van der Waals surface area contributed by atoms with Crippen molar-refractivity contribution in [2.75, 3.05) is 0 Å². The van der Waals surface area contributed by atoms with E-state index in [4.69, 9.17) is 0 Å². The van der Waals surface area contributed by atoms with E-state index in [0.717, 1.165) is 22.8 Å². The van der Waals surface area contributed by atoms with Gasteiger partial charge in [-0.15, -0.1) is 0 Å². The van der Waals surface area contributed by atoms with Gasteiger partial charge in [0.25, 0.3) is 0 Å². The molecule has 1 heterocycles. The summed E-state index contributed by atoms with van der Waals surface area (Å²) >= 11 is 1.39. The number of aromatic nitrogens is 1. The average Bonchev–Trinajstić information content (AvgIpc) is 2.68. The molecule has 0 aliphatic carbocycles. The third-order valence-corrected chi connectivity index (χ3v) is 3.33. The van der Waals surface area contributed by atoms with Crippen molar-refractivity contribution in [2.45, 2.75) is 26.2 Å². The summed E-state index contributed by atoms with van der Waals surface area (Å²) in [6, 6.07) is 6.29. The van der Waals surface area contributed by atoms with Crippen LogP contribution < -0.4 is 0 Å². The molecule has 1 aromatic carbocycles. The van der Waals surface area contributed by atoms with E-state index in [0.29, 0.717) is 5.69 Å². The predicted molar refractivity (Wildman–Crippen MR) is 63.6 cm³/mol. The molecule has 0 amide bonds. The van der Waals surface area contributed by atoms with Crippen LogP contribution in [0.15, 0.2) is 18.2 Å². The van der Waals surface area contributed by atoms with Gasteiger partial charge >= 0.3 is 0 Å². The molecule has 2 rings (SSSR count). The topological polar surface area (TPSA) is 30.0 Å². The Kier molecular flexibility index (Phi) is 3.11. The molecule has 0 aliphatic heterocycles. The number of rotatable bonds is 4. The maximum absolute atomic E-state index is 10.8. The van der Waals surface area contributed by atoms with Gasteiger partial charge in [-0.1, -0.05) is 19.4 Å². The molecule has 2 aromatic rings. The van der Waals surface area contributed by atoms with Crippen LogP contribution in [0, 0.1) is 0 Å². The molecule has 0 aliphatic rings. The smallest absolute Gasteiger partial charge is 0.170 e. The van der Waals surface area contributed by atoms with Gasteiger partial charge in [0.15, 0.2) is 6.29 Å². The molecule has 0 saturated heterocycles. The van der Waals surface area contributed by atoms with Gasteiger partial charge in [-0.3, -0.25) is 4.79 Å². The van der Waals surface area contributed by atoms with Crippen molar-refractivity contribution in [1.29, 1.82) is 0 Å². The fourth-order valence-corrected chi connectivity index (χ4v) is 2.35. The van der Waals surface area contributed by atoms with Crippen molar-refractivity contribution in [2.24, 2.45) is 0 Å². The zero-order valence-electron chi connectivity index (χ0n) is 8.69. The molecule has 0 bridgehead atoms. The van der Waals surface area contributed by atoms with Crippen molar-refractivity contribution < 1.29 is 4.79 Å². The molecule has 0 spiro atoms. The number of hydrogen-bond acceptors (Lipinski definition) is 3. The maximum Gasteiger partial charge on any atom is 0.170 e. The highest BCUT2D eigenvalue weighted by atomic mass is 32.1. The van der Waals surface area contributed by atoms with Gasteiger partial charge in [0.05, 0.1) is 4.70 Å². The molecule has 0 saturated carbocycles. The third kappa shape index (κ3) is 2.07. The summed E-state index contributed by atoms with van der Waals surface area (Å²) in [7, 11) is 0. The Balaban J connectivity index is 2.39. The lowest BCUT2D eigenvalue weighted by Gasteiger charge is -1.99. The summed E-state index contributed by atoms with van der Waals surface area (Å²) in [6.45, 7) is 2.18. The first kappa shape index (κ1) is 10.3. The normalized spacial score (nSPS) is 10.7. The molecule has 1 aromatic heterocycles. The van der Waals surface area contributed by atoms with Crippen LogP contribution in [0.3, 0.4) is 0 Å². The van der Waals surface area contributed by atoms with Gasteiger partial charge in [-0.25, -0.2) is 0 Å². The van der Waals surface area contributed by atoms with Crippen LogP contribution in [-0.2, 0) is 6.42 Å². The molecule has 78 valence electrons. The molecule has 2 nitrogen and oxygen atoms in total. The highest BCUT2D eigenvalue weighted by molar-refractivity contribution is 7.13. The Morgan fingerprint density at radius 3 is 3.07 bits per heavy atom. The van der Waals surface area contributed by atoms with Crippen molar-refractivity contribution >= 4 is 27.9 Å². The molecule has 0 fully saturated rings. The van der Waals surface area contributed by atoms with Crippen molar-refractivity contribution in [3.05, 3.63) is 29.5 Å². The van der Waals surface area contributed by atoms with Crippen molar-refractivity contribution in [3.8, 4) is 0 Å². The minimum Gasteiger partial charge on any atom is -0.296 e. The van der Waals surface area contributed by atoms with Crippen LogP contribution in [0.25, 0.3) is 10.1 Å². The molecule has 0 atom stereocenters. The number of unbranched alkanes of at least 4 members (excludes halogenated alkanes) is 1. The first-order chi connectivity index (χ1) is 7.35. The van der Waals surface area contributed by atoms with Gasteiger partial charge in [-0.2, -0.15) is 4.37 Å². The Labute approximate surface area is 93.1 Å². The highest BCUT2D eigenvalue weighted by Gasteiger charge is 2.05. The van der Waals surface area contributed by atoms with E-state index in [2.05, 4.69) is 29.5 Å². The average molecular weight is 219 g/mol. The summed E-state index contributed by atoms with van der Waals surface area (Å²) in [5.41, 5.74) is 1.88. The zero-order chi connectivity index (χ0) is 10.7. The number of nitrogens with zero attached hydrogens (tertiary/aromatic N) is 1. The first-order valence-corrected chi connectivity index (χ1v) is 5.96. The van der Waals surface area contributed by atoms with E-state index in [1.807, 2.05) is 0 Å². The van der Waals surface area contributed by atoms with Gasteiger partial charge < -0.3 is 0 Å². The van der Waals surface area contributed by atoms with Crippen LogP contribution in [0.5, 0.6) is 0 Å². The minimum absolute atomic E-state index is 0.577. The first-order valence-electron chi connectivity index (χ1n) is 5.18. The second-order valence-corrected chi connectivity index (χ2v) is 4.42. The van der Waals surface area contributed by atoms with E-state index >= 15 is 0 Å². The number of fused-ring (bicyclic) bond motifs is 1. The largest absolute Gasteiger partial charge is 0.296 e. The van der Waals surface area contributed by atoms with E-state index in [1.165, 1.54) is 29.9 Å². The monoisotopic (exact) mass is 219 g/mol. The maximum atomic E-state index is 10.8. The van der Waals surface area contributed by atoms with Gasteiger partial charge in [-0.05, 0) is 42.1 Å². The summed E-state index contributed by atoms with van der Waals surface area (Å²) in [5, 5.41) is 1.00. The van der Waals surface area contributed by atoms with E-state index in [-0.39, 0.29) is 0 Å². The SMILES string of the molecule is CCCCc1ccc2snc(C=O)c2c1. The summed E-state index contributed by atoms with van der Waals surface area (Å²) in [4.78, 5) is 10.8. The Hall–Kier alpha value is -1.22. The molecule has 3 heteroatoms. The molecule has 15 heavy (non-hydrogen) atoms. The number of hydrogen-bond donors (Lipinski definition) is 0. The summed E-state index contributed by atoms with van der Waals surface area (Å²) in [5.74, 6) is 0. The van der Waals surface area contributed by atoms with E-state index < -0.39 is 0 Å². The Morgan fingerprint density at radius 1 is 1.47 bits per heavy atom. The second-order valence-electron chi connectivity index (χ2n) is 3.62. The van der Waals surface area contributed by atoms with Crippen molar-refractivity contribution in [1.82, 2.24) is 4.37 Å². The predicted octanol–water partition coefficient (Wildman–Crippen LogP) is 3.45. The number of benzene rings is 1. The fraction of sp³-hybridized carbons (Fsp3) is 0.333. The van der Waals surface area contributed by atoms with Gasteiger partial charge in [0.2, 0.25) is 0 Å². The number of carbonyl (C=O) groups is 1. The Bertz CT molecular complexity index is 475. The second kappa shape index (κ2) is 4.53. The standard InChI is InChI=1S/C12H13NOS/c1-2-3-4-9-5-6-12-10(7-9)11(8-14)13-15-12/h5-8H,2-4H2,1H3. The third-order valence-electron chi connectivity index (χ3n) is 2.49. The number of carbonyl (C=O) groups excluding carboxylic acids is 1. The zero-order valence-corrected chi connectivity index (χ0v) is 9.51. The lowest BCUT2D eigenvalue weighted by Crippen LogP contribution is -1.85. The van der Waals surface area contributed by atoms with Crippen LogP contribution in [0.1, 0.15) is 35.8 Å². The van der Waals surface area contributed by atoms with Crippen LogP contribution in [0.4, 0.5) is 0 Å². The lowest BCUT2D eigenvalue weighted by molar-refractivity contribution is 0.112. The highest BCUT2D eigenvalue weighted by Crippen LogP contribution is 2.23. The van der Waals surface area contributed by atoms with E-state index in [1.54, 1.807) is 0 Å². The van der Waals surface area contributed by atoms with Gasteiger partial charge in [0.1, 0.15) is 5.69 Å². The van der Waals surface area contributed by atoms with Crippen LogP contribution in [-0.4, -0.2) is 10.7 Å². The van der Waals surface area contributed by atoms with Crippen LogP contribution >= 0.6 is 11.5 Å². The minimum atomic E-state index is 0.577. The quantitative estimate of drug-likeness (QED) is 0.737. The number of aryl methyl sites for hydroxylation is 1. The molecule has 0 unspecified atom stereocenters.